The Bertz CT molecular complexity index is 1680. The number of pyridine rings is 2. The molecule has 5 rings (SSSR count). The van der Waals surface area contributed by atoms with Gasteiger partial charge in [0, 0.05) is 24.0 Å². The summed E-state index contributed by atoms with van der Waals surface area (Å²) in [4.78, 5) is 8.65. The molecule has 8 nitrogen and oxygen atoms in total. The molecule has 0 bridgehead atoms. The third kappa shape index (κ3) is 4.66. The summed E-state index contributed by atoms with van der Waals surface area (Å²) < 4.78 is 54.3. The lowest BCUT2D eigenvalue weighted by Gasteiger charge is -2.18. The van der Waals surface area contributed by atoms with Gasteiger partial charge in [-0.15, -0.1) is 0 Å². The van der Waals surface area contributed by atoms with Crippen molar-refractivity contribution in [3.63, 3.8) is 0 Å². The van der Waals surface area contributed by atoms with Crippen molar-refractivity contribution in [2.75, 3.05) is 21.3 Å². The van der Waals surface area contributed by atoms with E-state index < -0.39 is 20.0 Å². The Morgan fingerprint density at radius 2 is 1.77 bits per heavy atom. The van der Waals surface area contributed by atoms with Crippen LogP contribution in [0.1, 0.15) is 6.42 Å². The van der Waals surface area contributed by atoms with E-state index in [1.54, 1.807) is 30.5 Å². The zero-order valence-electron chi connectivity index (χ0n) is 18.0. The highest BCUT2D eigenvalue weighted by atomic mass is 35.5. The van der Waals surface area contributed by atoms with Gasteiger partial charge in [-0.05, 0) is 67.1 Å². The number of nitrogens with one attached hydrogen (secondary N) is 1. The van der Waals surface area contributed by atoms with Crippen LogP contribution in [0.15, 0.2) is 71.8 Å². The van der Waals surface area contributed by atoms with Crippen LogP contribution in [-0.4, -0.2) is 39.1 Å². The van der Waals surface area contributed by atoms with Crippen molar-refractivity contribution < 1.29 is 16.8 Å². The SMILES string of the molecule is O=S(=O)(Nc1ccc(Cl)c(-c2ccc3ncccc3n2)c1)c1ccc(N2CCCS2(=O)=O)cc1Cl. The maximum Gasteiger partial charge on any atom is 0.263 e. The summed E-state index contributed by atoms with van der Waals surface area (Å²) >= 11 is 12.7. The van der Waals surface area contributed by atoms with Crippen LogP contribution in [0, 0.1) is 0 Å². The van der Waals surface area contributed by atoms with Gasteiger partial charge in [-0.25, -0.2) is 21.8 Å². The number of aromatic nitrogens is 2. The number of rotatable bonds is 5. The van der Waals surface area contributed by atoms with E-state index in [1.807, 2.05) is 12.1 Å². The molecule has 0 spiro atoms. The number of nitrogens with zero attached hydrogens (tertiary/aromatic N) is 3. The molecular formula is C23H18Cl2N4O4S2. The highest BCUT2D eigenvalue weighted by Gasteiger charge is 2.29. The van der Waals surface area contributed by atoms with Crippen molar-refractivity contribution in [3.05, 3.63) is 76.9 Å². The van der Waals surface area contributed by atoms with E-state index in [4.69, 9.17) is 23.2 Å². The van der Waals surface area contributed by atoms with Crippen LogP contribution < -0.4 is 9.03 Å². The van der Waals surface area contributed by atoms with E-state index in [0.717, 1.165) is 5.52 Å². The molecule has 0 radical (unpaired) electrons. The first-order valence-corrected chi connectivity index (χ1v) is 14.3. The average Bonchev–Trinajstić information content (AvgIpc) is 3.18. The summed E-state index contributed by atoms with van der Waals surface area (Å²) in [6.07, 6.45) is 2.18. The summed E-state index contributed by atoms with van der Waals surface area (Å²) in [5.74, 6) is 0.0493. The fourth-order valence-corrected chi connectivity index (χ4v) is 7.25. The Morgan fingerprint density at radius 3 is 2.51 bits per heavy atom. The molecule has 2 aromatic heterocycles. The number of hydrogen-bond donors (Lipinski definition) is 1. The van der Waals surface area contributed by atoms with Gasteiger partial charge >= 0.3 is 0 Å². The van der Waals surface area contributed by atoms with Crippen molar-refractivity contribution in [3.8, 4) is 11.3 Å². The second kappa shape index (κ2) is 8.94. The van der Waals surface area contributed by atoms with Gasteiger partial charge in [-0.3, -0.25) is 14.0 Å². The predicted octanol–water partition coefficient (Wildman–Crippen LogP) is 4.94. The van der Waals surface area contributed by atoms with Crippen molar-refractivity contribution in [2.45, 2.75) is 11.3 Å². The van der Waals surface area contributed by atoms with Crippen molar-refractivity contribution in [2.24, 2.45) is 0 Å². The summed E-state index contributed by atoms with van der Waals surface area (Å²) in [5.41, 5.74) is 3.10. The first kappa shape index (κ1) is 23.8. The van der Waals surface area contributed by atoms with Gasteiger partial charge in [0.2, 0.25) is 10.0 Å². The van der Waals surface area contributed by atoms with Gasteiger partial charge in [-0.2, -0.15) is 0 Å². The Kier molecular flexibility index (Phi) is 6.08. The zero-order valence-corrected chi connectivity index (χ0v) is 21.2. The van der Waals surface area contributed by atoms with E-state index in [9.17, 15) is 16.8 Å². The fraction of sp³-hybridized carbons (Fsp3) is 0.130. The number of benzene rings is 2. The van der Waals surface area contributed by atoms with Gasteiger partial charge in [0.05, 0.1) is 38.2 Å². The second-order valence-electron chi connectivity index (χ2n) is 7.89. The standard InChI is InChI=1S/C23H18Cl2N4O4S2/c24-18-6-4-15(13-17(18)20-7-8-21-22(27-20)3-1-10-26-21)28-35(32,33)23-9-5-16(14-19(23)25)29-11-2-12-34(29,30)31/h1,3-10,13-14,28H,2,11-12H2. The highest BCUT2D eigenvalue weighted by Crippen LogP contribution is 2.34. The third-order valence-electron chi connectivity index (χ3n) is 5.54. The Balaban J connectivity index is 1.46. The van der Waals surface area contributed by atoms with Crippen molar-refractivity contribution in [1.29, 1.82) is 0 Å². The predicted molar refractivity (Wildman–Crippen MR) is 138 cm³/mol. The van der Waals surface area contributed by atoms with Crippen LogP contribution in [0.5, 0.6) is 0 Å². The van der Waals surface area contributed by atoms with Crippen molar-refractivity contribution >= 4 is 65.7 Å². The maximum absolute atomic E-state index is 13.1. The molecule has 4 aromatic rings. The van der Waals surface area contributed by atoms with Crippen LogP contribution in [0.3, 0.4) is 0 Å². The first-order valence-electron chi connectivity index (χ1n) is 10.5. The number of fused-ring (bicyclic) bond motifs is 1. The molecule has 180 valence electrons. The van der Waals surface area contributed by atoms with Crippen LogP contribution in [0.25, 0.3) is 22.3 Å². The first-order chi connectivity index (χ1) is 16.6. The van der Waals surface area contributed by atoms with Crippen LogP contribution in [0.2, 0.25) is 10.0 Å². The quantitative estimate of drug-likeness (QED) is 0.378. The van der Waals surface area contributed by atoms with Gasteiger partial charge in [0.15, 0.2) is 0 Å². The van der Waals surface area contributed by atoms with E-state index >= 15 is 0 Å². The lowest BCUT2D eigenvalue weighted by atomic mass is 10.1. The summed E-state index contributed by atoms with van der Waals surface area (Å²) in [6.45, 7) is 0.329. The number of halogens is 2. The van der Waals surface area contributed by atoms with Gasteiger partial charge in [0.25, 0.3) is 10.0 Å². The molecule has 0 saturated carbocycles. The minimum absolute atomic E-state index is 0.0493. The van der Waals surface area contributed by atoms with E-state index in [-0.39, 0.29) is 21.4 Å². The third-order valence-corrected chi connectivity index (χ3v) is 9.61. The maximum atomic E-state index is 13.1. The molecule has 1 fully saturated rings. The molecule has 35 heavy (non-hydrogen) atoms. The minimum Gasteiger partial charge on any atom is -0.280 e. The van der Waals surface area contributed by atoms with Gasteiger partial charge in [0.1, 0.15) is 4.90 Å². The average molecular weight is 549 g/mol. The molecule has 12 heteroatoms. The molecule has 0 amide bonds. The lowest BCUT2D eigenvalue weighted by molar-refractivity contribution is 0.599. The molecule has 1 aliphatic rings. The smallest absolute Gasteiger partial charge is 0.263 e. The molecule has 1 saturated heterocycles. The Labute approximate surface area is 212 Å². The Hall–Kier alpha value is -2.92. The normalized spacial score (nSPS) is 15.4. The molecule has 3 heterocycles. The van der Waals surface area contributed by atoms with Crippen LogP contribution >= 0.6 is 23.2 Å². The number of sulfonamides is 2. The molecule has 0 aliphatic carbocycles. The summed E-state index contributed by atoms with van der Waals surface area (Å²) in [7, 11) is -7.50. The molecule has 0 unspecified atom stereocenters. The zero-order chi connectivity index (χ0) is 24.8. The molecule has 2 aromatic carbocycles. The number of hydrogen-bond acceptors (Lipinski definition) is 6. The monoisotopic (exact) mass is 548 g/mol. The van der Waals surface area contributed by atoms with E-state index in [2.05, 4.69) is 14.7 Å². The topological polar surface area (TPSA) is 109 Å². The van der Waals surface area contributed by atoms with Gasteiger partial charge in [-0.1, -0.05) is 23.2 Å². The molecule has 0 atom stereocenters. The highest BCUT2D eigenvalue weighted by molar-refractivity contribution is 7.93. The van der Waals surface area contributed by atoms with Gasteiger partial charge < -0.3 is 0 Å². The summed E-state index contributed by atoms with van der Waals surface area (Å²) in [6, 6.07) is 15.9. The van der Waals surface area contributed by atoms with Crippen LogP contribution in [-0.2, 0) is 20.0 Å². The molecular weight excluding hydrogens is 531 g/mol. The van der Waals surface area contributed by atoms with Crippen LogP contribution in [0.4, 0.5) is 11.4 Å². The largest absolute Gasteiger partial charge is 0.280 e. The summed E-state index contributed by atoms with van der Waals surface area (Å²) in [5, 5.41) is 0.313. The van der Waals surface area contributed by atoms with E-state index in [1.165, 1.54) is 28.6 Å². The second-order valence-corrected chi connectivity index (χ2v) is 12.4. The molecule has 1 N–H and O–H groups in total. The Morgan fingerprint density at radius 1 is 0.943 bits per heavy atom. The number of anilines is 2. The van der Waals surface area contributed by atoms with Crippen molar-refractivity contribution in [1.82, 2.24) is 9.97 Å². The van der Waals surface area contributed by atoms with E-state index in [0.29, 0.717) is 40.4 Å². The molecule has 1 aliphatic heterocycles. The lowest BCUT2D eigenvalue weighted by Crippen LogP contribution is -2.25. The minimum atomic E-state index is -4.08. The fourth-order valence-electron chi connectivity index (χ4n) is 3.89.